The van der Waals surface area contributed by atoms with Gasteiger partial charge in [-0.15, -0.1) is 0 Å². The maximum absolute atomic E-state index is 13.5. The van der Waals surface area contributed by atoms with Gasteiger partial charge in [-0.05, 0) is 30.5 Å². The number of rotatable bonds is 1. The van der Waals surface area contributed by atoms with Crippen LogP contribution in [0.25, 0.3) is 10.9 Å². The van der Waals surface area contributed by atoms with Crippen molar-refractivity contribution < 1.29 is 4.39 Å². The maximum atomic E-state index is 13.5. The maximum Gasteiger partial charge on any atom is 0.149 e. The second kappa shape index (κ2) is 2.76. The molecule has 1 heterocycles. The summed E-state index contributed by atoms with van der Waals surface area (Å²) in [4.78, 5) is 4.05. The van der Waals surface area contributed by atoms with E-state index in [-0.39, 0.29) is 11.4 Å². The minimum atomic E-state index is -0.279. The van der Waals surface area contributed by atoms with Crippen molar-refractivity contribution in [3.63, 3.8) is 0 Å². The minimum absolute atomic E-state index is 0.241. The molecule has 3 rings (SSSR count). The average Bonchev–Trinajstić information content (AvgIpc) is 2.98. The molecule has 1 aromatic carbocycles. The highest BCUT2D eigenvalue weighted by molar-refractivity contribution is 5.84. The van der Waals surface area contributed by atoms with E-state index in [0.29, 0.717) is 5.52 Å². The predicted octanol–water partition coefficient (Wildman–Crippen LogP) is 2.32. The van der Waals surface area contributed by atoms with Gasteiger partial charge < -0.3 is 5.73 Å². The first-order chi connectivity index (χ1) is 7.21. The van der Waals surface area contributed by atoms with E-state index < -0.39 is 0 Å². The van der Waals surface area contributed by atoms with Crippen molar-refractivity contribution in [1.82, 2.24) is 4.98 Å². The third-order valence-corrected chi connectivity index (χ3v) is 3.05. The number of fused-ring (bicyclic) bond motifs is 1. The molecule has 2 aromatic rings. The molecule has 0 saturated heterocycles. The van der Waals surface area contributed by atoms with Crippen LogP contribution in [-0.2, 0) is 5.54 Å². The summed E-state index contributed by atoms with van der Waals surface area (Å²) < 4.78 is 13.5. The van der Waals surface area contributed by atoms with Crippen molar-refractivity contribution in [2.75, 3.05) is 0 Å². The zero-order valence-electron chi connectivity index (χ0n) is 8.20. The Bertz CT molecular complexity index is 532. The van der Waals surface area contributed by atoms with Gasteiger partial charge in [0.25, 0.3) is 0 Å². The molecule has 0 radical (unpaired) electrons. The number of benzene rings is 1. The fourth-order valence-corrected chi connectivity index (χ4v) is 1.98. The lowest BCUT2D eigenvalue weighted by molar-refractivity contribution is 0.634. The first kappa shape index (κ1) is 8.80. The second-order valence-electron chi connectivity index (χ2n) is 4.15. The van der Waals surface area contributed by atoms with E-state index in [4.69, 9.17) is 5.73 Å². The third-order valence-electron chi connectivity index (χ3n) is 3.05. The van der Waals surface area contributed by atoms with Crippen LogP contribution in [0.5, 0.6) is 0 Å². The zero-order valence-corrected chi connectivity index (χ0v) is 8.20. The van der Waals surface area contributed by atoms with Gasteiger partial charge in [-0.1, -0.05) is 12.1 Å². The van der Waals surface area contributed by atoms with Gasteiger partial charge in [-0.25, -0.2) is 4.39 Å². The van der Waals surface area contributed by atoms with Gasteiger partial charge in [0.15, 0.2) is 0 Å². The van der Waals surface area contributed by atoms with E-state index in [1.807, 2.05) is 12.1 Å². The molecule has 76 valence electrons. The molecule has 1 aliphatic carbocycles. The van der Waals surface area contributed by atoms with E-state index in [9.17, 15) is 4.39 Å². The third kappa shape index (κ3) is 1.23. The second-order valence-corrected chi connectivity index (χ2v) is 4.15. The van der Waals surface area contributed by atoms with Gasteiger partial charge in [-0.3, -0.25) is 4.98 Å². The fourth-order valence-electron chi connectivity index (χ4n) is 1.98. The highest BCUT2D eigenvalue weighted by Gasteiger charge is 2.41. The average molecular weight is 202 g/mol. The molecule has 0 atom stereocenters. The molecule has 0 bridgehead atoms. The van der Waals surface area contributed by atoms with Crippen molar-refractivity contribution >= 4 is 10.9 Å². The summed E-state index contributed by atoms with van der Waals surface area (Å²) in [5.41, 5.74) is 7.34. The van der Waals surface area contributed by atoms with E-state index >= 15 is 0 Å². The number of halogens is 1. The number of nitrogens with zero attached hydrogens (tertiary/aromatic N) is 1. The summed E-state index contributed by atoms with van der Waals surface area (Å²) in [5.74, 6) is -0.279. The van der Waals surface area contributed by atoms with Crippen LogP contribution in [0, 0.1) is 5.82 Å². The molecule has 3 heteroatoms. The normalized spacial score (nSPS) is 18.0. The molecule has 1 fully saturated rings. The molecule has 1 aliphatic rings. The lowest BCUT2D eigenvalue weighted by Crippen LogP contribution is -2.19. The fraction of sp³-hybridized carbons (Fsp3) is 0.250. The summed E-state index contributed by atoms with van der Waals surface area (Å²) in [7, 11) is 0. The van der Waals surface area contributed by atoms with Crippen LogP contribution < -0.4 is 5.73 Å². The highest BCUT2D eigenvalue weighted by atomic mass is 19.1. The zero-order chi connectivity index (χ0) is 10.5. The summed E-state index contributed by atoms with van der Waals surface area (Å²) in [5, 5.41) is 0.845. The quantitative estimate of drug-likeness (QED) is 0.770. The molecule has 0 amide bonds. The van der Waals surface area contributed by atoms with Crippen molar-refractivity contribution in [3.8, 4) is 0 Å². The van der Waals surface area contributed by atoms with Crippen LogP contribution >= 0.6 is 0 Å². The SMILES string of the molecule is NC1(c2ccc(F)c3ncccc23)CC1. The molecule has 1 saturated carbocycles. The van der Waals surface area contributed by atoms with Crippen molar-refractivity contribution in [1.29, 1.82) is 0 Å². The number of pyridine rings is 1. The van der Waals surface area contributed by atoms with Crippen molar-refractivity contribution in [2.24, 2.45) is 5.73 Å². The Morgan fingerprint density at radius 1 is 1.27 bits per heavy atom. The minimum Gasteiger partial charge on any atom is -0.321 e. The Morgan fingerprint density at radius 3 is 2.80 bits per heavy atom. The van der Waals surface area contributed by atoms with Crippen LogP contribution in [0.4, 0.5) is 4.39 Å². The van der Waals surface area contributed by atoms with Gasteiger partial charge in [0.1, 0.15) is 11.3 Å². The molecular formula is C12H11FN2. The van der Waals surface area contributed by atoms with E-state index in [0.717, 1.165) is 23.8 Å². The molecule has 0 aliphatic heterocycles. The summed E-state index contributed by atoms with van der Waals surface area (Å²) in [6, 6.07) is 6.94. The van der Waals surface area contributed by atoms with E-state index in [1.165, 1.54) is 6.07 Å². The summed E-state index contributed by atoms with van der Waals surface area (Å²) in [6.45, 7) is 0. The van der Waals surface area contributed by atoms with Crippen LogP contribution in [0.2, 0.25) is 0 Å². The van der Waals surface area contributed by atoms with Gasteiger partial charge >= 0.3 is 0 Å². The Morgan fingerprint density at radius 2 is 2.07 bits per heavy atom. The number of aromatic nitrogens is 1. The van der Waals surface area contributed by atoms with Gasteiger partial charge in [-0.2, -0.15) is 0 Å². The number of nitrogens with two attached hydrogens (primary N) is 1. The molecule has 0 spiro atoms. The Balaban J connectivity index is 2.36. The molecule has 1 aromatic heterocycles. The number of hydrogen-bond donors (Lipinski definition) is 1. The van der Waals surface area contributed by atoms with Crippen molar-refractivity contribution in [3.05, 3.63) is 41.8 Å². The standard InChI is InChI=1S/C12H11FN2/c13-10-4-3-9(12(14)5-6-12)8-2-1-7-15-11(8)10/h1-4,7H,5-6,14H2. The van der Waals surface area contributed by atoms with Crippen molar-refractivity contribution in [2.45, 2.75) is 18.4 Å². The van der Waals surface area contributed by atoms with E-state index in [1.54, 1.807) is 12.3 Å². The summed E-state index contributed by atoms with van der Waals surface area (Å²) >= 11 is 0. The smallest absolute Gasteiger partial charge is 0.149 e. The monoisotopic (exact) mass is 202 g/mol. The molecule has 2 N–H and O–H groups in total. The molecule has 15 heavy (non-hydrogen) atoms. The van der Waals surface area contributed by atoms with Gasteiger partial charge in [0.2, 0.25) is 0 Å². The topological polar surface area (TPSA) is 38.9 Å². The van der Waals surface area contributed by atoms with Crippen LogP contribution in [0.1, 0.15) is 18.4 Å². The summed E-state index contributed by atoms with van der Waals surface area (Å²) in [6.07, 6.45) is 3.55. The molecule has 2 nitrogen and oxygen atoms in total. The molecular weight excluding hydrogens is 191 g/mol. The first-order valence-corrected chi connectivity index (χ1v) is 5.03. The van der Waals surface area contributed by atoms with Gasteiger partial charge in [0.05, 0.1) is 0 Å². The van der Waals surface area contributed by atoms with Crippen LogP contribution in [0.15, 0.2) is 30.5 Å². The van der Waals surface area contributed by atoms with Gasteiger partial charge in [0, 0.05) is 17.1 Å². The Kier molecular flexibility index (Phi) is 1.62. The van der Waals surface area contributed by atoms with Crippen LogP contribution in [0.3, 0.4) is 0 Å². The van der Waals surface area contributed by atoms with E-state index in [2.05, 4.69) is 4.98 Å². The molecule has 0 unspecified atom stereocenters. The highest BCUT2D eigenvalue weighted by Crippen LogP contribution is 2.45. The van der Waals surface area contributed by atoms with Crippen LogP contribution in [-0.4, -0.2) is 4.98 Å². The Hall–Kier alpha value is -1.48. The lowest BCUT2D eigenvalue weighted by Gasteiger charge is -2.12. The number of hydrogen-bond acceptors (Lipinski definition) is 2. The first-order valence-electron chi connectivity index (χ1n) is 5.03. The predicted molar refractivity (Wildman–Crippen MR) is 56.8 cm³/mol. The largest absolute Gasteiger partial charge is 0.321 e. The lowest BCUT2D eigenvalue weighted by atomic mass is 10.00. The Labute approximate surface area is 86.9 Å².